The van der Waals surface area contributed by atoms with Crippen molar-refractivity contribution >= 4 is 34.3 Å². The predicted octanol–water partition coefficient (Wildman–Crippen LogP) is 6.04. The number of aromatic nitrogens is 1. The molecule has 288 valence electrons. The highest BCUT2D eigenvalue weighted by molar-refractivity contribution is 7.12. The molecular weight excluding hydrogens is 721 g/mol. The summed E-state index contributed by atoms with van der Waals surface area (Å²) in [7, 11) is 0. The number of H-pyrrole nitrogens is 1. The molecule has 55 heavy (non-hydrogen) atoms. The van der Waals surface area contributed by atoms with E-state index in [0.717, 1.165) is 55.6 Å². The number of aliphatic hydroxyl groups excluding tert-OH is 1. The standard InChI is InChI=1S/C42H46N4O8S/c47-34-13-11-32(33-12-14-38(49)44-40(33)34)35(48)23-43-17-4-5-20-52-41(50)37-21-27(26-55-37)25-53-31-10-6-9-30(22-31)39(29-7-2-1-3-8-29)45-42(51)54-36-24-46-18-15-28(36)16-19-46/h1-3,6-14,21-22,26,28,35-36,39,43,47-48H,4-5,15-20,23-25H2,(H,44,49)(H,45,51)/t35-,36+,39?/m1/s1. The molecule has 8 rings (SSSR count). The molecule has 1 amide bonds. The number of unbranched alkanes of at least 4 members (excludes halogenated alkanes) is 1. The predicted molar refractivity (Wildman–Crippen MR) is 210 cm³/mol. The molecule has 3 aliphatic rings. The molecule has 3 atom stereocenters. The molecule has 3 saturated heterocycles. The van der Waals surface area contributed by atoms with Gasteiger partial charge in [0.25, 0.3) is 0 Å². The normalized spacial score (nSPS) is 18.7. The average molecular weight is 767 g/mol. The van der Waals surface area contributed by atoms with E-state index in [0.29, 0.717) is 46.0 Å². The van der Waals surface area contributed by atoms with Crippen molar-refractivity contribution in [3.63, 3.8) is 0 Å². The van der Waals surface area contributed by atoms with Gasteiger partial charge in [0.15, 0.2) is 0 Å². The van der Waals surface area contributed by atoms with E-state index in [2.05, 4.69) is 20.5 Å². The van der Waals surface area contributed by atoms with Crippen LogP contribution in [0, 0.1) is 5.92 Å². The summed E-state index contributed by atoms with van der Waals surface area (Å²) in [6, 6.07) is 24.8. The molecule has 2 bridgehead atoms. The zero-order valence-corrected chi connectivity index (χ0v) is 31.3. The number of benzene rings is 3. The number of piperidine rings is 3. The fraction of sp³-hybridized carbons (Fsp3) is 0.357. The zero-order valence-electron chi connectivity index (χ0n) is 30.4. The van der Waals surface area contributed by atoms with Crippen LogP contribution in [0.4, 0.5) is 4.79 Å². The molecule has 0 spiro atoms. The van der Waals surface area contributed by atoms with Gasteiger partial charge in [-0.25, -0.2) is 9.59 Å². The number of nitrogens with zero attached hydrogens (tertiary/aromatic N) is 1. The number of aromatic amines is 1. The van der Waals surface area contributed by atoms with Gasteiger partial charge < -0.3 is 40.0 Å². The first-order valence-electron chi connectivity index (χ1n) is 18.8. The number of carbonyl (C=O) groups excluding carboxylic acids is 2. The smallest absolute Gasteiger partial charge is 0.408 e. The highest BCUT2D eigenvalue weighted by atomic mass is 32.1. The van der Waals surface area contributed by atoms with E-state index in [1.54, 1.807) is 18.2 Å². The van der Waals surface area contributed by atoms with E-state index in [1.165, 1.54) is 23.5 Å². The second-order valence-corrected chi connectivity index (χ2v) is 15.0. The lowest BCUT2D eigenvalue weighted by atomic mass is 9.86. The number of alkyl carbamates (subject to hydrolysis) is 1. The van der Waals surface area contributed by atoms with Crippen LogP contribution < -0.4 is 20.9 Å². The Balaban J connectivity index is 0.849. The number of phenolic OH excluding ortho intramolecular Hbond substituents is 1. The van der Waals surface area contributed by atoms with Crippen molar-refractivity contribution in [2.24, 2.45) is 5.92 Å². The lowest BCUT2D eigenvalue weighted by Gasteiger charge is -2.43. The first kappa shape index (κ1) is 38.1. The Bertz CT molecular complexity index is 2130. The number of amides is 1. The molecule has 2 aromatic heterocycles. The molecular formula is C42H46N4O8S. The number of fused-ring (bicyclic) bond motifs is 4. The number of pyridine rings is 1. The fourth-order valence-corrected chi connectivity index (χ4v) is 8.12. The Kier molecular flexibility index (Phi) is 12.4. The second-order valence-electron chi connectivity index (χ2n) is 14.1. The van der Waals surface area contributed by atoms with Crippen LogP contribution in [0.25, 0.3) is 10.9 Å². The number of aliphatic hydroxyl groups is 1. The third-order valence-electron chi connectivity index (χ3n) is 10.3. The molecule has 13 heteroatoms. The van der Waals surface area contributed by atoms with Gasteiger partial charge in [-0.2, -0.15) is 0 Å². The van der Waals surface area contributed by atoms with Crippen LogP contribution in [0.15, 0.2) is 95.1 Å². The highest BCUT2D eigenvalue weighted by Gasteiger charge is 2.37. The minimum absolute atomic E-state index is 0.0540. The molecule has 3 fully saturated rings. The molecule has 5 heterocycles. The van der Waals surface area contributed by atoms with Crippen molar-refractivity contribution in [3.05, 3.63) is 128 Å². The maximum Gasteiger partial charge on any atom is 0.408 e. The summed E-state index contributed by atoms with van der Waals surface area (Å²) in [5.74, 6) is 0.609. The molecule has 1 unspecified atom stereocenters. The largest absolute Gasteiger partial charge is 0.506 e. The van der Waals surface area contributed by atoms with Crippen LogP contribution in [0.3, 0.4) is 0 Å². The molecule has 0 radical (unpaired) electrons. The number of ether oxygens (including phenoxy) is 3. The van der Waals surface area contributed by atoms with Crippen molar-refractivity contribution < 1.29 is 34.0 Å². The molecule has 12 nitrogen and oxygen atoms in total. The van der Waals surface area contributed by atoms with E-state index >= 15 is 0 Å². The maximum atomic E-state index is 13.2. The number of phenols is 1. The summed E-state index contributed by atoms with van der Waals surface area (Å²) < 4.78 is 17.6. The van der Waals surface area contributed by atoms with Crippen LogP contribution in [-0.4, -0.2) is 77.6 Å². The number of esters is 1. The van der Waals surface area contributed by atoms with Gasteiger partial charge in [0.2, 0.25) is 5.56 Å². The van der Waals surface area contributed by atoms with Crippen LogP contribution in [0.1, 0.15) is 69.8 Å². The summed E-state index contributed by atoms with van der Waals surface area (Å²) in [5.41, 5.74) is 3.20. The number of rotatable bonds is 16. The Morgan fingerprint density at radius 2 is 1.78 bits per heavy atom. The average Bonchev–Trinajstić information content (AvgIpc) is 3.69. The molecule has 3 aromatic carbocycles. The fourth-order valence-electron chi connectivity index (χ4n) is 7.33. The number of hydrogen-bond acceptors (Lipinski definition) is 11. The van der Waals surface area contributed by atoms with E-state index in [4.69, 9.17) is 14.2 Å². The summed E-state index contributed by atoms with van der Waals surface area (Å²) >= 11 is 1.30. The lowest BCUT2D eigenvalue weighted by molar-refractivity contribution is -0.0336. The minimum atomic E-state index is -0.841. The molecule has 5 N–H and O–H groups in total. The third-order valence-corrected chi connectivity index (χ3v) is 11.2. The van der Waals surface area contributed by atoms with Gasteiger partial charge in [0.05, 0.1) is 24.3 Å². The lowest BCUT2D eigenvalue weighted by Crippen LogP contribution is -2.52. The number of hydrogen-bond donors (Lipinski definition) is 5. The Morgan fingerprint density at radius 1 is 0.964 bits per heavy atom. The monoisotopic (exact) mass is 766 g/mol. The van der Waals surface area contributed by atoms with Crippen LogP contribution >= 0.6 is 11.3 Å². The van der Waals surface area contributed by atoms with Crippen LogP contribution in [0.5, 0.6) is 11.5 Å². The second kappa shape index (κ2) is 17.9. The van der Waals surface area contributed by atoms with Crippen LogP contribution in [0.2, 0.25) is 0 Å². The van der Waals surface area contributed by atoms with Crippen LogP contribution in [-0.2, 0) is 16.1 Å². The first-order chi connectivity index (χ1) is 26.8. The topological polar surface area (TPSA) is 162 Å². The zero-order chi connectivity index (χ0) is 38.1. The van der Waals surface area contributed by atoms with Crippen molar-refractivity contribution in [3.8, 4) is 11.5 Å². The summed E-state index contributed by atoms with van der Waals surface area (Å²) in [6.45, 7) is 4.35. The van der Waals surface area contributed by atoms with E-state index in [-0.39, 0.29) is 43.1 Å². The summed E-state index contributed by atoms with van der Waals surface area (Å²) in [6.07, 6.45) is 2.15. The molecule has 0 aliphatic carbocycles. The highest BCUT2D eigenvalue weighted by Crippen LogP contribution is 2.31. The van der Waals surface area contributed by atoms with Crippen molar-refractivity contribution in [2.45, 2.75) is 50.5 Å². The van der Waals surface area contributed by atoms with E-state index < -0.39 is 18.2 Å². The number of carbonyl (C=O) groups is 2. The Hall–Kier alpha value is -5.21. The van der Waals surface area contributed by atoms with Gasteiger partial charge in [0.1, 0.15) is 29.1 Å². The number of nitrogens with one attached hydrogen (secondary N) is 3. The summed E-state index contributed by atoms with van der Waals surface area (Å²) in [4.78, 5) is 43.0. The van der Waals surface area contributed by atoms with Gasteiger partial charge in [0, 0.05) is 30.1 Å². The number of aromatic hydroxyl groups is 1. The molecule has 3 aliphatic heterocycles. The van der Waals surface area contributed by atoms with Gasteiger partial charge in [-0.05, 0) is 104 Å². The van der Waals surface area contributed by atoms with Crippen molar-refractivity contribution in [2.75, 3.05) is 39.3 Å². The quantitative estimate of drug-likeness (QED) is 0.0591. The number of thiophene rings is 1. The summed E-state index contributed by atoms with van der Waals surface area (Å²) in [5, 5.41) is 29.6. The van der Waals surface area contributed by atoms with Crippen molar-refractivity contribution in [1.29, 1.82) is 0 Å². The van der Waals surface area contributed by atoms with E-state index in [9.17, 15) is 24.6 Å². The Labute approximate surface area is 323 Å². The maximum absolute atomic E-state index is 13.2. The Morgan fingerprint density at radius 3 is 2.58 bits per heavy atom. The van der Waals surface area contributed by atoms with Gasteiger partial charge in [-0.15, -0.1) is 11.3 Å². The minimum Gasteiger partial charge on any atom is -0.506 e. The van der Waals surface area contributed by atoms with Crippen molar-refractivity contribution in [1.82, 2.24) is 20.5 Å². The third kappa shape index (κ3) is 9.73. The SMILES string of the molecule is O=C(NC(c1ccccc1)c1cccc(OCc2csc(C(=O)OCCCCNC[C@@H](O)c3ccc(O)c4[nH]c(=O)ccc34)c2)c1)O[C@H]1CN2CCC1CC2. The first-order valence-corrected chi connectivity index (χ1v) is 19.6. The van der Waals surface area contributed by atoms with Gasteiger partial charge in [-0.3, -0.25) is 9.69 Å². The van der Waals surface area contributed by atoms with Gasteiger partial charge in [-0.1, -0.05) is 48.5 Å². The molecule has 0 saturated carbocycles. The van der Waals surface area contributed by atoms with Gasteiger partial charge >= 0.3 is 12.1 Å². The molecule has 5 aromatic rings. The van der Waals surface area contributed by atoms with E-state index in [1.807, 2.05) is 60.0 Å².